The van der Waals surface area contributed by atoms with Crippen LogP contribution in [0.25, 0.3) is 16.8 Å². The fourth-order valence-electron chi connectivity index (χ4n) is 3.15. The van der Waals surface area contributed by atoms with E-state index in [1.807, 2.05) is 61.5 Å². The molecule has 0 aliphatic rings. The Balaban J connectivity index is 1.49. The first-order chi connectivity index (χ1) is 15.0. The number of amides is 1. The average Bonchev–Trinajstić information content (AvgIpc) is 3.20. The number of aromatic nitrogens is 3. The zero-order valence-corrected chi connectivity index (χ0v) is 19.5. The minimum atomic E-state index is -0.0362. The van der Waals surface area contributed by atoms with Gasteiger partial charge in [-0.05, 0) is 42.3 Å². The predicted octanol–water partition coefficient (Wildman–Crippen LogP) is 4.88. The Morgan fingerprint density at radius 3 is 2.71 bits per heavy atom. The molecule has 158 valence electrons. The lowest BCUT2D eigenvalue weighted by molar-refractivity contribution is -0.118. The van der Waals surface area contributed by atoms with Crippen molar-refractivity contribution in [3.05, 3.63) is 76.5 Å². The number of aryl methyl sites for hydroxylation is 1. The summed E-state index contributed by atoms with van der Waals surface area (Å²) in [6.45, 7) is 2.43. The van der Waals surface area contributed by atoms with Crippen LogP contribution in [0.1, 0.15) is 11.3 Å². The summed E-state index contributed by atoms with van der Waals surface area (Å²) in [5, 5.41) is 8.37. The lowest BCUT2D eigenvalue weighted by Crippen LogP contribution is -2.24. The van der Waals surface area contributed by atoms with Crippen LogP contribution >= 0.6 is 27.7 Å². The molecule has 4 aromatic rings. The highest BCUT2D eigenvalue weighted by Crippen LogP contribution is 2.28. The SMILES string of the molecule is COc1ccc(-c2cnn3c(SCC(=O)NCc4ccccc4Br)cc(C)nc23)cc1. The first kappa shape index (κ1) is 21.4. The van der Waals surface area contributed by atoms with Gasteiger partial charge in [-0.15, -0.1) is 0 Å². The summed E-state index contributed by atoms with van der Waals surface area (Å²) in [5.41, 5.74) is 4.63. The van der Waals surface area contributed by atoms with Crippen molar-refractivity contribution in [3.8, 4) is 16.9 Å². The van der Waals surface area contributed by atoms with Gasteiger partial charge in [0.2, 0.25) is 5.91 Å². The first-order valence-electron chi connectivity index (χ1n) is 9.68. The molecule has 2 aromatic carbocycles. The molecule has 0 aliphatic heterocycles. The zero-order valence-electron chi connectivity index (χ0n) is 17.1. The number of carbonyl (C=O) groups is 1. The fourth-order valence-corrected chi connectivity index (χ4v) is 4.47. The molecule has 0 fully saturated rings. The van der Waals surface area contributed by atoms with Crippen LogP contribution in [0.15, 0.2) is 70.3 Å². The van der Waals surface area contributed by atoms with Gasteiger partial charge in [-0.3, -0.25) is 4.79 Å². The maximum atomic E-state index is 12.4. The molecule has 0 aliphatic carbocycles. The van der Waals surface area contributed by atoms with E-state index in [4.69, 9.17) is 4.74 Å². The molecule has 0 saturated heterocycles. The van der Waals surface area contributed by atoms with E-state index in [-0.39, 0.29) is 5.91 Å². The average molecular weight is 497 g/mol. The van der Waals surface area contributed by atoms with Gasteiger partial charge in [-0.25, -0.2) is 9.50 Å². The van der Waals surface area contributed by atoms with Crippen molar-refractivity contribution in [1.82, 2.24) is 19.9 Å². The molecule has 0 bridgehead atoms. The zero-order chi connectivity index (χ0) is 21.8. The summed E-state index contributed by atoms with van der Waals surface area (Å²) >= 11 is 4.95. The van der Waals surface area contributed by atoms with Gasteiger partial charge in [0.25, 0.3) is 0 Å². The number of ether oxygens (including phenoxy) is 1. The second kappa shape index (κ2) is 9.53. The van der Waals surface area contributed by atoms with Gasteiger partial charge >= 0.3 is 0 Å². The normalized spacial score (nSPS) is 10.9. The van der Waals surface area contributed by atoms with Gasteiger partial charge in [-0.2, -0.15) is 5.10 Å². The molecule has 0 unspecified atom stereocenters. The molecule has 0 spiro atoms. The van der Waals surface area contributed by atoms with E-state index in [0.717, 1.165) is 43.3 Å². The summed E-state index contributed by atoms with van der Waals surface area (Å²) in [6, 6.07) is 17.6. The Labute approximate surface area is 193 Å². The molecule has 0 radical (unpaired) electrons. The number of rotatable bonds is 7. The number of hydrogen-bond acceptors (Lipinski definition) is 5. The van der Waals surface area contributed by atoms with Gasteiger partial charge in [0.1, 0.15) is 10.8 Å². The fraction of sp³-hybridized carbons (Fsp3) is 0.174. The van der Waals surface area contributed by atoms with Crippen molar-refractivity contribution in [2.75, 3.05) is 12.9 Å². The van der Waals surface area contributed by atoms with Crippen LogP contribution in [-0.2, 0) is 11.3 Å². The third-order valence-electron chi connectivity index (χ3n) is 4.75. The molecular formula is C23H21BrN4O2S. The van der Waals surface area contributed by atoms with Crippen molar-refractivity contribution in [3.63, 3.8) is 0 Å². The van der Waals surface area contributed by atoms with Crippen LogP contribution in [0.5, 0.6) is 5.75 Å². The molecule has 6 nitrogen and oxygen atoms in total. The second-order valence-electron chi connectivity index (χ2n) is 6.91. The number of fused-ring (bicyclic) bond motifs is 1. The minimum absolute atomic E-state index is 0.0362. The molecule has 0 atom stereocenters. The van der Waals surface area contributed by atoms with E-state index in [2.05, 4.69) is 31.3 Å². The number of methoxy groups -OCH3 is 1. The van der Waals surface area contributed by atoms with Crippen molar-refractivity contribution in [1.29, 1.82) is 0 Å². The highest BCUT2D eigenvalue weighted by Gasteiger charge is 2.14. The Bertz CT molecular complexity index is 1220. The van der Waals surface area contributed by atoms with E-state index in [0.29, 0.717) is 12.3 Å². The Kier molecular flexibility index (Phi) is 6.58. The van der Waals surface area contributed by atoms with E-state index in [1.165, 1.54) is 11.8 Å². The second-order valence-corrected chi connectivity index (χ2v) is 8.76. The maximum absolute atomic E-state index is 12.4. The topological polar surface area (TPSA) is 68.5 Å². The van der Waals surface area contributed by atoms with E-state index in [1.54, 1.807) is 17.8 Å². The van der Waals surface area contributed by atoms with Crippen LogP contribution < -0.4 is 10.1 Å². The third kappa shape index (κ3) is 4.91. The lowest BCUT2D eigenvalue weighted by Gasteiger charge is -2.09. The monoisotopic (exact) mass is 496 g/mol. The summed E-state index contributed by atoms with van der Waals surface area (Å²) in [6.07, 6.45) is 1.81. The van der Waals surface area contributed by atoms with Crippen LogP contribution in [0.2, 0.25) is 0 Å². The molecule has 2 aromatic heterocycles. The Hall–Kier alpha value is -2.84. The van der Waals surface area contributed by atoms with Crippen LogP contribution in [-0.4, -0.2) is 33.4 Å². The van der Waals surface area contributed by atoms with Gasteiger partial charge in [0, 0.05) is 22.3 Å². The quantitative estimate of drug-likeness (QED) is 0.291. The minimum Gasteiger partial charge on any atom is -0.497 e. The van der Waals surface area contributed by atoms with Gasteiger partial charge < -0.3 is 10.1 Å². The number of thioether (sulfide) groups is 1. The van der Waals surface area contributed by atoms with Gasteiger partial charge in [-0.1, -0.05) is 58.0 Å². The van der Waals surface area contributed by atoms with E-state index in [9.17, 15) is 4.79 Å². The van der Waals surface area contributed by atoms with Crippen molar-refractivity contribution < 1.29 is 9.53 Å². The molecule has 4 rings (SSSR count). The molecule has 1 amide bonds. The van der Waals surface area contributed by atoms with E-state index < -0.39 is 0 Å². The number of nitrogens with zero attached hydrogens (tertiary/aromatic N) is 3. The number of benzene rings is 2. The smallest absolute Gasteiger partial charge is 0.230 e. The molecule has 2 heterocycles. The van der Waals surface area contributed by atoms with Crippen LogP contribution in [0, 0.1) is 6.92 Å². The molecular weight excluding hydrogens is 476 g/mol. The van der Waals surface area contributed by atoms with Crippen LogP contribution in [0.3, 0.4) is 0 Å². The Morgan fingerprint density at radius 2 is 1.97 bits per heavy atom. The van der Waals surface area contributed by atoms with Gasteiger partial charge in [0.15, 0.2) is 5.65 Å². The van der Waals surface area contributed by atoms with Crippen molar-refractivity contribution in [2.45, 2.75) is 18.5 Å². The molecule has 0 saturated carbocycles. The largest absolute Gasteiger partial charge is 0.497 e. The lowest BCUT2D eigenvalue weighted by atomic mass is 10.1. The number of carbonyl (C=O) groups excluding carboxylic acids is 1. The highest BCUT2D eigenvalue weighted by atomic mass is 79.9. The maximum Gasteiger partial charge on any atom is 0.230 e. The molecule has 31 heavy (non-hydrogen) atoms. The number of hydrogen-bond donors (Lipinski definition) is 1. The van der Waals surface area contributed by atoms with E-state index >= 15 is 0 Å². The van der Waals surface area contributed by atoms with Crippen molar-refractivity contribution in [2.24, 2.45) is 0 Å². The summed E-state index contributed by atoms with van der Waals surface area (Å²) in [5.74, 6) is 1.06. The summed E-state index contributed by atoms with van der Waals surface area (Å²) in [4.78, 5) is 17.1. The van der Waals surface area contributed by atoms with Crippen LogP contribution in [0.4, 0.5) is 0 Å². The first-order valence-corrected chi connectivity index (χ1v) is 11.5. The van der Waals surface area contributed by atoms with Gasteiger partial charge in [0.05, 0.1) is 19.1 Å². The summed E-state index contributed by atoms with van der Waals surface area (Å²) in [7, 11) is 1.65. The number of nitrogens with one attached hydrogen (secondary N) is 1. The predicted molar refractivity (Wildman–Crippen MR) is 126 cm³/mol. The van der Waals surface area contributed by atoms with Crippen molar-refractivity contribution >= 4 is 39.2 Å². The highest BCUT2D eigenvalue weighted by molar-refractivity contribution is 9.10. The summed E-state index contributed by atoms with van der Waals surface area (Å²) < 4.78 is 8.01. The Morgan fingerprint density at radius 1 is 1.19 bits per heavy atom. The third-order valence-corrected chi connectivity index (χ3v) is 6.52. The molecule has 1 N–H and O–H groups in total. The standard InChI is InChI=1S/C23H21BrN4O2S/c1-15-11-22(31-14-21(29)25-12-17-5-3-4-6-20(17)24)28-23(27-15)19(13-26-28)16-7-9-18(30-2)10-8-16/h3-11,13H,12,14H2,1-2H3,(H,25,29). The number of halogens is 1. The molecule has 8 heteroatoms.